The number of nitrogens with zero attached hydrogens (tertiary/aromatic N) is 4. The summed E-state index contributed by atoms with van der Waals surface area (Å²) in [7, 11) is 0. The van der Waals surface area contributed by atoms with Gasteiger partial charge in [-0.15, -0.1) is 8.78 Å². The summed E-state index contributed by atoms with van der Waals surface area (Å²) in [4.78, 5) is 35.1. The quantitative estimate of drug-likeness (QED) is 0.257. The minimum absolute atomic E-state index is 0.0767. The lowest BCUT2D eigenvalue weighted by Gasteiger charge is -2.21. The van der Waals surface area contributed by atoms with Gasteiger partial charge in [-0.05, 0) is 42.8 Å². The fourth-order valence-electron chi connectivity index (χ4n) is 4.63. The minimum Gasteiger partial charge on any atom is -0.489 e. The van der Waals surface area contributed by atoms with Crippen LogP contribution in [0, 0.1) is 0 Å². The molecular weight excluding hydrogens is 572 g/mol. The van der Waals surface area contributed by atoms with Crippen LogP contribution < -0.4 is 24.7 Å². The van der Waals surface area contributed by atoms with Gasteiger partial charge < -0.3 is 24.1 Å². The highest BCUT2D eigenvalue weighted by Gasteiger charge is 2.43. The maximum absolute atomic E-state index is 13.5. The molecule has 2 aromatic heterocycles. The van der Waals surface area contributed by atoms with Crippen molar-refractivity contribution >= 4 is 34.2 Å². The molecule has 0 aliphatic carbocycles. The van der Waals surface area contributed by atoms with Gasteiger partial charge in [-0.1, -0.05) is 41.9 Å². The zero-order chi connectivity index (χ0) is 29.4. The number of aromatic amines is 1. The van der Waals surface area contributed by atoms with E-state index in [-0.39, 0.29) is 29.2 Å². The Balaban J connectivity index is 1.31. The molecule has 0 atom stereocenters. The van der Waals surface area contributed by atoms with E-state index >= 15 is 0 Å². The van der Waals surface area contributed by atoms with Gasteiger partial charge in [0.1, 0.15) is 24.6 Å². The first-order valence-corrected chi connectivity index (χ1v) is 13.2. The number of alkyl halides is 2. The number of anilines is 1. The summed E-state index contributed by atoms with van der Waals surface area (Å²) < 4.78 is 42.9. The third-order valence-electron chi connectivity index (χ3n) is 6.53. The van der Waals surface area contributed by atoms with Crippen molar-refractivity contribution in [3.8, 4) is 28.5 Å². The molecule has 13 heteroatoms. The molecule has 1 amide bonds. The third-order valence-corrected chi connectivity index (χ3v) is 6.74. The molecule has 0 fully saturated rings. The molecule has 1 N–H and O–H groups in total. The summed E-state index contributed by atoms with van der Waals surface area (Å²) in [5.41, 5.74) is 1.97. The molecule has 0 saturated carbocycles. The number of H-pyrrole nitrogens is 1. The van der Waals surface area contributed by atoms with E-state index in [0.717, 1.165) is 10.2 Å². The molecule has 3 heterocycles. The highest BCUT2D eigenvalue weighted by Crippen LogP contribution is 2.43. The number of ether oxygens (including phenoxy) is 3. The van der Waals surface area contributed by atoms with E-state index in [4.69, 9.17) is 16.3 Å². The average Bonchev–Trinajstić information content (AvgIpc) is 3.57. The first-order chi connectivity index (χ1) is 20.2. The number of nitrogens with one attached hydrogen (secondary N) is 1. The minimum atomic E-state index is -3.79. The maximum Gasteiger partial charge on any atom is 0.586 e. The number of imidazole rings is 1. The molecule has 0 bridgehead atoms. The summed E-state index contributed by atoms with van der Waals surface area (Å²) in [6.07, 6.45) is -2.43. The van der Waals surface area contributed by atoms with Crippen LogP contribution in [0.25, 0.3) is 22.3 Å². The summed E-state index contributed by atoms with van der Waals surface area (Å²) in [5.74, 6) is -0.385. The molecule has 10 nitrogen and oxygen atoms in total. The molecule has 0 unspecified atom stereocenters. The lowest BCUT2D eigenvalue weighted by Crippen LogP contribution is -2.37. The Bertz CT molecular complexity index is 1860. The Kier molecular flexibility index (Phi) is 6.99. The van der Waals surface area contributed by atoms with Crippen molar-refractivity contribution in [1.29, 1.82) is 0 Å². The summed E-state index contributed by atoms with van der Waals surface area (Å²) in [6, 6.07) is 18.7. The smallest absolute Gasteiger partial charge is 0.489 e. The Morgan fingerprint density at radius 3 is 2.67 bits per heavy atom. The molecular formula is C29H22ClF2N5O5. The topological polar surface area (TPSA) is 112 Å². The van der Waals surface area contributed by atoms with Gasteiger partial charge in [0.25, 0.3) is 5.56 Å². The number of hydrogen-bond acceptors (Lipinski definition) is 7. The van der Waals surface area contributed by atoms with Crippen LogP contribution in [0.3, 0.4) is 0 Å². The second kappa shape index (κ2) is 10.8. The molecule has 214 valence electrons. The number of likely N-dealkylation sites (N-methyl/N-ethyl adjacent to an activating group) is 1. The van der Waals surface area contributed by atoms with Crippen LogP contribution >= 0.6 is 11.6 Å². The van der Waals surface area contributed by atoms with Crippen LogP contribution in [0.1, 0.15) is 12.5 Å². The Hall–Kier alpha value is -4.97. The molecule has 0 spiro atoms. The molecule has 6 rings (SSSR count). The fraction of sp³-hybridized carbons (Fsp3) is 0.172. The number of aromatic nitrogens is 4. The van der Waals surface area contributed by atoms with Gasteiger partial charge in [0.05, 0.1) is 11.8 Å². The van der Waals surface area contributed by atoms with E-state index in [1.807, 2.05) is 30.3 Å². The first kappa shape index (κ1) is 27.2. The molecule has 1 aliphatic rings. The van der Waals surface area contributed by atoms with Gasteiger partial charge in [0, 0.05) is 28.9 Å². The number of hydrogen-bond donors (Lipinski definition) is 1. The van der Waals surface area contributed by atoms with Crippen LogP contribution in [0.4, 0.5) is 14.5 Å². The number of halogens is 3. The number of carbonyl (C=O) groups is 1. The SMILES string of the molecule is CCN(C(=O)Cn1nc(-c2cc(Cl)cc(OCc3ccccc3)c2)c2[nH]cnc2c1=O)c1ccc2c(c1)OC(F)(F)O2. The van der Waals surface area contributed by atoms with Crippen LogP contribution in [0.5, 0.6) is 17.2 Å². The standard InChI is InChI=1S/C29H22ClF2N5O5/c1-2-36(20-8-9-22-23(13-20)42-29(31,32)41-22)24(38)14-37-28(39)27-26(33-16-34-27)25(35-37)18-10-19(30)12-21(11-18)40-15-17-6-4-3-5-7-17/h3-13,16H,2,14-15H2,1H3,(H,33,34). The summed E-state index contributed by atoms with van der Waals surface area (Å²) in [5, 5.41) is 4.88. The van der Waals surface area contributed by atoms with E-state index in [1.54, 1.807) is 25.1 Å². The van der Waals surface area contributed by atoms with Crippen LogP contribution in [0.2, 0.25) is 5.02 Å². The van der Waals surface area contributed by atoms with E-state index in [1.165, 1.54) is 29.4 Å². The second-order valence-electron chi connectivity index (χ2n) is 9.32. The van der Waals surface area contributed by atoms with Crippen molar-refractivity contribution in [3.63, 3.8) is 0 Å². The van der Waals surface area contributed by atoms with Crippen LogP contribution in [-0.4, -0.2) is 38.5 Å². The predicted octanol–water partition coefficient (Wildman–Crippen LogP) is 5.39. The number of amides is 1. The number of fused-ring (bicyclic) bond motifs is 2. The lowest BCUT2D eigenvalue weighted by atomic mass is 10.1. The lowest BCUT2D eigenvalue weighted by molar-refractivity contribution is -0.286. The number of rotatable bonds is 8. The molecule has 0 saturated heterocycles. The van der Waals surface area contributed by atoms with Crippen LogP contribution in [-0.2, 0) is 17.9 Å². The zero-order valence-corrected chi connectivity index (χ0v) is 22.8. The number of carbonyl (C=O) groups excluding carboxylic acids is 1. The van der Waals surface area contributed by atoms with Crippen molar-refractivity contribution in [3.05, 3.63) is 94.0 Å². The third kappa shape index (κ3) is 5.36. The van der Waals surface area contributed by atoms with E-state index < -0.39 is 24.3 Å². The molecule has 5 aromatic rings. The Morgan fingerprint density at radius 2 is 1.88 bits per heavy atom. The van der Waals surface area contributed by atoms with Crippen molar-refractivity contribution in [2.75, 3.05) is 11.4 Å². The predicted molar refractivity (Wildman–Crippen MR) is 150 cm³/mol. The van der Waals surface area contributed by atoms with Gasteiger partial charge in [-0.25, -0.2) is 9.67 Å². The molecule has 42 heavy (non-hydrogen) atoms. The highest BCUT2D eigenvalue weighted by molar-refractivity contribution is 6.31. The van der Waals surface area contributed by atoms with Crippen molar-refractivity contribution in [2.24, 2.45) is 0 Å². The maximum atomic E-state index is 13.5. The first-order valence-electron chi connectivity index (χ1n) is 12.8. The van der Waals surface area contributed by atoms with Crippen molar-refractivity contribution in [2.45, 2.75) is 26.4 Å². The highest BCUT2D eigenvalue weighted by atomic mass is 35.5. The average molecular weight is 594 g/mol. The van der Waals surface area contributed by atoms with E-state index in [0.29, 0.717) is 34.2 Å². The van der Waals surface area contributed by atoms with Crippen molar-refractivity contribution < 1.29 is 27.8 Å². The largest absolute Gasteiger partial charge is 0.586 e. The summed E-state index contributed by atoms with van der Waals surface area (Å²) >= 11 is 6.42. The van der Waals surface area contributed by atoms with Crippen LogP contribution in [0.15, 0.2) is 77.9 Å². The van der Waals surface area contributed by atoms with Gasteiger partial charge in [-0.3, -0.25) is 9.59 Å². The molecule has 0 radical (unpaired) electrons. The Morgan fingerprint density at radius 1 is 1.10 bits per heavy atom. The van der Waals surface area contributed by atoms with Gasteiger partial charge >= 0.3 is 6.29 Å². The van der Waals surface area contributed by atoms with Crippen molar-refractivity contribution in [1.82, 2.24) is 19.7 Å². The van der Waals surface area contributed by atoms with E-state index in [9.17, 15) is 18.4 Å². The summed E-state index contributed by atoms with van der Waals surface area (Å²) in [6.45, 7) is 1.74. The van der Waals surface area contributed by atoms with Gasteiger partial charge in [0.15, 0.2) is 17.0 Å². The monoisotopic (exact) mass is 593 g/mol. The number of benzene rings is 3. The van der Waals surface area contributed by atoms with Gasteiger partial charge in [-0.2, -0.15) is 5.10 Å². The normalized spacial score (nSPS) is 13.3. The fourth-order valence-corrected chi connectivity index (χ4v) is 4.86. The molecule has 1 aliphatic heterocycles. The molecule has 3 aromatic carbocycles. The van der Waals surface area contributed by atoms with Gasteiger partial charge in [0.2, 0.25) is 5.91 Å². The second-order valence-corrected chi connectivity index (χ2v) is 9.76. The zero-order valence-electron chi connectivity index (χ0n) is 22.0. The Labute approximate surface area is 242 Å². The van der Waals surface area contributed by atoms with E-state index in [2.05, 4.69) is 24.5 Å².